The number of carbonyl (C=O) groups excluding carboxylic acids is 3. The first-order valence-corrected chi connectivity index (χ1v) is 18.0. The van der Waals surface area contributed by atoms with E-state index >= 15 is 0 Å². The minimum atomic E-state index is -0.864. The number of nitrogens with one attached hydrogen (secondary N) is 3. The Labute approximate surface area is 317 Å². The number of halogens is 2. The van der Waals surface area contributed by atoms with Crippen LogP contribution in [0.4, 0.5) is 5.69 Å². The summed E-state index contributed by atoms with van der Waals surface area (Å²) < 4.78 is 17.1. The van der Waals surface area contributed by atoms with Crippen molar-refractivity contribution in [3.63, 3.8) is 0 Å². The highest BCUT2D eigenvalue weighted by Gasteiger charge is 2.33. The molecule has 0 aliphatic carbocycles. The molecule has 0 saturated carbocycles. The van der Waals surface area contributed by atoms with Gasteiger partial charge >= 0.3 is 5.97 Å². The molecule has 0 fully saturated rings. The monoisotopic (exact) mass is 749 g/mol. The molecule has 53 heavy (non-hydrogen) atoms. The number of fused-ring (bicyclic) bond motifs is 2. The van der Waals surface area contributed by atoms with Gasteiger partial charge in [-0.3, -0.25) is 9.59 Å². The van der Waals surface area contributed by atoms with Gasteiger partial charge in [-0.05, 0) is 83.1 Å². The highest BCUT2D eigenvalue weighted by atomic mass is 35.5. The van der Waals surface area contributed by atoms with Gasteiger partial charge < -0.3 is 30.2 Å². The molecule has 3 atom stereocenters. The predicted molar refractivity (Wildman–Crippen MR) is 204 cm³/mol. The molecule has 7 rings (SSSR count). The van der Waals surface area contributed by atoms with Gasteiger partial charge in [0.2, 0.25) is 12.0 Å². The molecule has 9 nitrogen and oxygen atoms in total. The summed E-state index contributed by atoms with van der Waals surface area (Å²) in [6.45, 7) is 2.76. The number of amides is 2. The molecular weight excluding hydrogens is 713 g/mol. The Morgan fingerprint density at radius 3 is 2.26 bits per heavy atom. The van der Waals surface area contributed by atoms with E-state index in [0.717, 1.165) is 33.4 Å². The normalized spacial score (nSPS) is 16.6. The van der Waals surface area contributed by atoms with Gasteiger partial charge in [0.25, 0.3) is 5.91 Å². The Kier molecular flexibility index (Phi) is 10.7. The number of carbonyl (C=O) groups is 3. The summed E-state index contributed by atoms with van der Waals surface area (Å²) in [5, 5.41) is 10.1. The lowest BCUT2D eigenvalue weighted by molar-refractivity contribution is -0.145. The minimum Gasteiger partial charge on any atom is -0.489 e. The number of benzene rings is 5. The molecule has 2 aliphatic heterocycles. The highest BCUT2D eigenvalue weighted by molar-refractivity contribution is 6.42. The van der Waals surface area contributed by atoms with Gasteiger partial charge in [0, 0.05) is 18.5 Å². The summed E-state index contributed by atoms with van der Waals surface area (Å²) in [7, 11) is 1.31. The molecule has 0 spiro atoms. The first-order chi connectivity index (χ1) is 25.6. The third-order valence-corrected chi connectivity index (χ3v) is 10.2. The van der Waals surface area contributed by atoms with E-state index in [9.17, 15) is 14.4 Å². The maximum Gasteiger partial charge on any atom is 0.328 e. The van der Waals surface area contributed by atoms with E-state index in [1.165, 1.54) is 12.7 Å². The van der Waals surface area contributed by atoms with E-state index < -0.39 is 24.2 Å². The molecule has 0 saturated heterocycles. The molecule has 5 aromatic carbocycles. The number of esters is 1. The standard InChI is InChI=1S/C42H37Cl2N3O6/c1-24-3-8-27(9-4-24)28-10-5-25(6-11-28)18-37(42(50)51-2)47-40(48)36-20-30-19-35-38(21-31(30)22-45-36)53-39(41(49)46-35)29-12-14-32(15-13-29)52-23-26-7-16-33(43)34(44)17-26/h3-17,19,21,36-37,39,45H,18,20,22-23H2,1-2H3,(H,46,49)(H,47,48)/t36?,37-,39-/m0/s1. The van der Waals surface area contributed by atoms with Crippen molar-refractivity contribution in [2.75, 3.05) is 12.4 Å². The van der Waals surface area contributed by atoms with Crippen LogP contribution in [0.2, 0.25) is 10.0 Å². The minimum absolute atomic E-state index is 0.280. The molecule has 2 amide bonds. The van der Waals surface area contributed by atoms with E-state index in [-0.39, 0.29) is 18.2 Å². The van der Waals surface area contributed by atoms with Crippen LogP contribution in [0.3, 0.4) is 0 Å². The van der Waals surface area contributed by atoms with Crippen molar-refractivity contribution in [1.29, 1.82) is 0 Å². The number of ether oxygens (including phenoxy) is 3. The fraction of sp³-hybridized carbons (Fsp3) is 0.214. The lowest BCUT2D eigenvalue weighted by Crippen LogP contribution is -2.53. The van der Waals surface area contributed by atoms with Gasteiger partial charge in [0.15, 0.2) is 0 Å². The molecular formula is C42H37Cl2N3O6. The molecule has 0 radical (unpaired) electrons. The Morgan fingerprint density at radius 2 is 1.57 bits per heavy atom. The van der Waals surface area contributed by atoms with E-state index in [1.807, 2.05) is 49.4 Å². The van der Waals surface area contributed by atoms with Crippen molar-refractivity contribution in [2.45, 2.75) is 51.1 Å². The van der Waals surface area contributed by atoms with Crippen LogP contribution in [-0.4, -0.2) is 37.0 Å². The Balaban J connectivity index is 0.971. The van der Waals surface area contributed by atoms with Crippen LogP contribution < -0.4 is 25.4 Å². The molecule has 2 aliphatic rings. The number of aryl methyl sites for hydroxylation is 1. The van der Waals surface area contributed by atoms with Gasteiger partial charge in [-0.15, -0.1) is 0 Å². The van der Waals surface area contributed by atoms with Gasteiger partial charge in [0.1, 0.15) is 24.1 Å². The molecule has 270 valence electrons. The van der Waals surface area contributed by atoms with Crippen LogP contribution in [0.15, 0.2) is 103 Å². The molecule has 2 heterocycles. The van der Waals surface area contributed by atoms with Crippen LogP contribution in [0.25, 0.3) is 11.1 Å². The number of rotatable bonds is 10. The van der Waals surface area contributed by atoms with Crippen LogP contribution in [0.5, 0.6) is 11.5 Å². The van der Waals surface area contributed by atoms with Gasteiger partial charge in [-0.25, -0.2) is 4.79 Å². The molecule has 5 aromatic rings. The van der Waals surface area contributed by atoms with Crippen molar-refractivity contribution in [3.05, 3.63) is 147 Å². The second-order valence-electron chi connectivity index (χ2n) is 13.2. The summed E-state index contributed by atoms with van der Waals surface area (Å²) >= 11 is 12.1. The Hall–Kier alpha value is -5.35. The number of hydrogen-bond donors (Lipinski definition) is 3. The van der Waals surface area contributed by atoms with Crippen molar-refractivity contribution in [3.8, 4) is 22.6 Å². The lowest BCUT2D eigenvalue weighted by atomic mass is 9.93. The average Bonchev–Trinajstić information content (AvgIpc) is 3.17. The van der Waals surface area contributed by atoms with Crippen molar-refractivity contribution >= 4 is 46.7 Å². The van der Waals surface area contributed by atoms with Gasteiger partial charge in [-0.2, -0.15) is 0 Å². The van der Waals surface area contributed by atoms with Gasteiger partial charge in [-0.1, -0.05) is 95.5 Å². The zero-order chi connectivity index (χ0) is 37.1. The van der Waals surface area contributed by atoms with Gasteiger partial charge in [0.05, 0.1) is 28.9 Å². The summed E-state index contributed by atoms with van der Waals surface area (Å²) in [5.74, 6) is 0.0200. The van der Waals surface area contributed by atoms with Crippen LogP contribution >= 0.6 is 23.2 Å². The molecule has 3 N–H and O–H groups in total. The highest BCUT2D eigenvalue weighted by Crippen LogP contribution is 2.38. The fourth-order valence-electron chi connectivity index (χ4n) is 6.48. The zero-order valence-corrected chi connectivity index (χ0v) is 30.6. The fourth-order valence-corrected chi connectivity index (χ4v) is 6.80. The largest absolute Gasteiger partial charge is 0.489 e. The second-order valence-corrected chi connectivity index (χ2v) is 14.0. The molecule has 0 aromatic heterocycles. The maximum atomic E-state index is 13.5. The second kappa shape index (κ2) is 15.7. The number of anilines is 1. The Morgan fingerprint density at radius 1 is 0.868 bits per heavy atom. The van der Waals surface area contributed by atoms with E-state index in [1.54, 1.807) is 36.4 Å². The topological polar surface area (TPSA) is 115 Å². The summed E-state index contributed by atoms with van der Waals surface area (Å²) in [5.41, 5.74) is 8.18. The summed E-state index contributed by atoms with van der Waals surface area (Å²) in [6.07, 6.45) is -0.215. The molecule has 11 heteroatoms. The zero-order valence-electron chi connectivity index (χ0n) is 29.1. The summed E-state index contributed by atoms with van der Waals surface area (Å²) in [6, 6.07) is 31.0. The summed E-state index contributed by atoms with van der Waals surface area (Å²) in [4.78, 5) is 39.5. The Bertz CT molecular complexity index is 2160. The third-order valence-electron chi connectivity index (χ3n) is 9.48. The van der Waals surface area contributed by atoms with Crippen molar-refractivity contribution in [2.24, 2.45) is 0 Å². The van der Waals surface area contributed by atoms with Crippen LogP contribution in [-0.2, 0) is 45.1 Å². The molecule has 0 bridgehead atoms. The number of hydrogen-bond acceptors (Lipinski definition) is 7. The van der Waals surface area contributed by atoms with Crippen LogP contribution in [0, 0.1) is 6.92 Å². The van der Waals surface area contributed by atoms with E-state index in [0.29, 0.717) is 52.4 Å². The third kappa shape index (κ3) is 8.33. The van der Waals surface area contributed by atoms with Crippen LogP contribution in [0.1, 0.15) is 39.5 Å². The predicted octanol–water partition coefficient (Wildman–Crippen LogP) is 7.53. The number of methoxy groups -OCH3 is 1. The smallest absolute Gasteiger partial charge is 0.328 e. The molecule has 1 unspecified atom stereocenters. The average molecular weight is 751 g/mol. The quantitative estimate of drug-likeness (QED) is 0.127. The first kappa shape index (κ1) is 36.0. The van der Waals surface area contributed by atoms with E-state index in [2.05, 4.69) is 40.2 Å². The first-order valence-electron chi connectivity index (χ1n) is 17.2. The van der Waals surface area contributed by atoms with Crippen molar-refractivity contribution < 1.29 is 28.6 Å². The SMILES string of the molecule is COC(=O)[C@H](Cc1ccc(-c2ccc(C)cc2)cc1)NC(=O)C1Cc2cc3c(cc2CN1)O[C@@H](c1ccc(OCc2ccc(Cl)c(Cl)c2)cc1)C(=O)N3. The lowest BCUT2D eigenvalue weighted by Gasteiger charge is -2.31. The maximum absolute atomic E-state index is 13.5. The van der Waals surface area contributed by atoms with E-state index in [4.69, 9.17) is 37.4 Å². The van der Waals surface area contributed by atoms with Crippen molar-refractivity contribution in [1.82, 2.24) is 10.6 Å².